The third kappa shape index (κ3) is 2.43. The quantitative estimate of drug-likeness (QED) is 0.632. The number of nitrogens with one attached hydrogen (secondary N) is 1. The zero-order valence-corrected chi connectivity index (χ0v) is 18.0. The summed E-state index contributed by atoms with van der Waals surface area (Å²) in [5, 5.41) is 14.7. The normalized spacial score (nSPS) is 23.3. The Hall–Kier alpha value is -3.17. The van der Waals surface area contributed by atoms with Crippen LogP contribution in [0.4, 0.5) is 10.1 Å². The molecule has 164 valence electrons. The highest BCUT2D eigenvalue weighted by atomic mass is 32.1. The van der Waals surface area contributed by atoms with Crippen LogP contribution in [0.2, 0.25) is 0 Å². The third-order valence-electron chi connectivity index (χ3n) is 6.81. The summed E-state index contributed by atoms with van der Waals surface area (Å²) in [5.41, 5.74) is 0.332. The van der Waals surface area contributed by atoms with Gasteiger partial charge in [-0.1, -0.05) is 24.3 Å². The summed E-state index contributed by atoms with van der Waals surface area (Å²) >= 11 is 1.19. The molecule has 1 fully saturated rings. The van der Waals surface area contributed by atoms with Gasteiger partial charge in [0.1, 0.15) is 28.2 Å². The van der Waals surface area contributed by atoms with Gasteiger partial charge in [0.15, 0.2) is 11.6 Å². The van der Waals surface area contributed by atoms with Gasteiger partial charge in [0.25, 0.3) is 0 Å². The second-order valence-electron chi connectivity index (χ2n) is 8.59. The number of rotatable bonds is 4. The van der Waals surface area contributed by atoms with Crippen molar-refractivity contribution in [1.82, 2.24) is 9.72 Å². The van der Waals surface area contributed by atoms with E-state index in [4.69, 9.17) is 4.74 Å². The van der Waals surface area contributed by atoms with Gasteiger partial charge in [-0.3, -0.25) is 9.20 Å². The number of hydrogen-bond acceptors (Lipinski definition) is 6. The van der Waals surface area contributed by atoms with Gasteiger partial charge >= 0.3 is 5.97 Å². The largest absolute Gasteiger partial charge is 0.483 e. The summed E-state index contributed by atoms with van der Waals surface area (Å²) in [4.78, 5) is 27.2. The van der Waals surface area contributed by atoms with E-state index >= 15 is 4.39 Å². The number of nitrogens with zero attached hydrogens (tertiary/aromatic N) is 2. The fourth-order valence-electron chi connectivity index (χ4n) is 5.45. The molecule has 2 aromatic heterocycles. The second kappa shape index (κ2) is 6.66. The van der Waals surface area contributed by atoms with Crippen LogP contribution in [0.5, 0.6) is 5.75 Å². The highest BCUT2D eigenvalue weighted by Gasteiger charge is 2.46. The number of thiazole rings is 1. The topological polar surface area (TPSA) is 83.3 Å². The second-order valence-corrected chi connectivity index (χ2v) is 9.45. The molecule has 1 aromatic carbocycles. The Morgan fingerprint density at radius 1 is 1.44 bits per heavy atom. The van der Waals surface area contributed by atoms with Gasteiger partial charge < -0.3 is 20.1 Å². The number of fused-ring (bicyclic) bond motifs is 1. The van der Waals surface area contributed by atoms with Crippen LogP contribution in [0.1, 0.15) is 16.1 Å². The van der Waals surface area contributed by atoms with Crippen LogP contribution in [-0.2, 0) is 6.61 Å². The Morgan fingerprint density at radius 2 is 2.28 bits per heavy atom. The minimum atomic E-state index is -1.31. The molecule has 2 N–H and O–H groups in total. The SMILES string of the molecule is CNCC12C=CC=CC1CN(c1c(F)cc3c(=O)c(C(=O)O)c4scc5n4c3c1OC5)C2. The molecule has 1 saturated heterocycles. The maximum absolute atomic E-state index is 15.6. The summed E-state index contributed by atoms with van der Waals surface area (Å²) in [6.45, 7) is 2.14. The number of carboxylic acid groups (broad SMARTS) is 1. The van der Waals surface area contributed by atoms with Gasteiger partial charge in [0.2, 0.25) is 5.43 Å². The Kier molecular flexibility index (Phi) is 4.06. The number of carboxylic acids is 1. The van der Waals surface area contributed by atoms with E-state index < -0.39 is 17.2 Å². The van der Waals surface area contributed by atoms with Crippen LogP contribution in [0.3, 0.4) is 0 Å². The number of aromatic carboxylic acids is 1. The first-order chi connectivity index (χ1) is 15.4. The van der Waals surface area contributed by atoms with Crippen molar-refractivity contribution in [2.24, 2.45) is 11.3 Å². The summed E-state index contributed by atoms with van der Waals surface area (Å²) in [7, 11) is 1.91. The van der Waals surface area contributed by atoms with Gasteiger partial charge in [0, 0.05) is 36.3 Å². The van der Waals surface area contributed by atoms with Crippen molar-refractivity contribution in [2.75, 3.05) is 31.6 Å². The van der Waals surface area contributed by atoms with Crippen molar-refractivity contribution in [3.8, 4) is 5.75 Å². The predicted octanol–water partition coefficient (Wildman–Crippen LogP) is 3.01. The van der Waals surface area contributed by atoms with Gasteiger partial charge in [-0.25, -0.2) is 9.18 Å². The lowest BCUT2D eigenvalue weighted by atomic mass is 9.75. The molecule has 3 aliphatic rings. The number of anilines is 1. The van der Waals surface area contributed by atoms with E-state index in [1.165, 1.54) is 17.4 Å². The summed E-state index contributed by atoms with van der Waals surface area (Å²) in [5.74, 6) is -1.38. The molecule has 1 aliphatic carbocycles. The number of carbonyl (C=O) groups is 1. The Balaban J connectivity index is 1.62. The minimum Gasteiger partial charge on any atom is -0.483 e. The molecule has 2 unspecified atom stereocenters. The fraction of sp³-hybridized carbons (Fsp3) is 0.304. The lowest BCUT2D eigenvalue weighted by molar-refractivity contribution is 0.0697. The van der Waals surface area contributed by atoms with Crippen LogP contribution >= 0.6 is 11.3 Å². The molecular weight excluding hydrogens is 433 g/mol. The number of allylic oxidation sites excluding steroid dienone is 2. The van der Waals surface area contributed by atoms with Crippen molar-refractivity contribution in [3.63, 3.8) is 0 Å². The van der Waals surface area contributed by atoms with Crippen LogP contribution < -0.4 is 20.4 Å². The van der Waals surface area contributed by atoms with E-state index in [0.29, 0.717) is 34.9 Å². The maximum atomic E-state index is 15.6. The van der Waals surface area contributed by atoms with E-state index in [-0.39, 0.29) is 28.9 Å². The highest BCUT2D eigenvalue weighted by molar-refractivity contribution is 7.16. The number of halogens is 1. The molecule has 0 amide bonds. The number of hydrogen-bond donors (Lipinski definition) is 2. The van der Waals surface area contributed by atoms with Gasteiger partial charge in [-0.15, -0.1) is 11.3 Å². The first kappa shape index (κ1) is 19.5. The standard InChI is InChI=1S/C23H20FN3O4S/c1-25-10-23-5-3-2-4-12(23)7-26(11-23)18-15(24)6-14-17-20(18)31-8-13-9-32-21(27(13)17)16(19(14)28)22(29)30/h2-6,9,12,25H,7-8,10-11H2,1H3,(H,29,30). The molecule has 9 heteroatoms. The first-order valence-electron chi connectivity index (χ1n) is 10.4. The molecule has 4 heterocycles. The number of aromatic nitrogens is 1. The highest BCUT2D eigenvalue weighted by Crippen LogP contribution is 2.48. The fourth-order valence-corrected chi connectivity index (χ4v) is 6.48. The van der Waals surface area contributed by atoms with E-state index in [2.05, 4.69) is 17.5 Å². The molecule has 0 bridgehead atoms. The van der Waals surface area contributed by atoms with Crippen molar-refractivity contribution in [2.45, 2.75) is 6.61 Å². The average Bonchev–Trinajstić information content (AvgIpc) is 3.34. The van der Waals surface area contributed by atoms with Gasteiger partial charge in [0.05, 0.1) is 11.1 Å². The first-order valence-corrected chi connectivity index (χ1v) is 11.3. The van der Waals surface area contributed by atoms with Crippen LogP contribution in [-0.4, -0.2) is 42.2 Å². The third-order valence-corrected chi connectivity index (χ3v) is 7.81. The molecule has 2 atom stereocenters. The summed E-state index contributed by atoms with van der Waals surface area (Å²) < 4.78 is 23.4. The van der Waals surface area contributed by atoms with E-state index in [0.717, 1.165) is 12.2 Å². The molecule has 0 saturated carbocycles. The molecule has 7 nitrogen and oxygen atoms in total. The molecule has 0 radical (unpaired) electrons. The monoisotopic (exact) mass is 453 g/mol. The Morgan fingerprint density at radius 3 is 3.06 bits per heavy atom. The lowest BCUT2D eigenvalue weighted by Crippen LogP contribution is -2.38. The zero-order valence-electron chi connectivity index (χ0n) is 17.2. The number of benzene rings is 1. The lowest BCUT2D eigenvalue weighted by Gasteiger charge is -2.32. The van der Waals surface area contributed by atoms with Gasteiger partial charge in [-0.2, -0.15) is 0 Å². The molecule has 32 heavy (non-hydrogen) atoms. The number of ether oxygens (including phenoxy) is 1. The minimum absolute atomic E-state index is 0.0249. The van der Waals surface area contributed by atoms with E-state index in [1.807, 2.05) is 24.1 Å². The van der Waals surface area contributed by atoms with Crippen molar-refractivity contribution >= 4 is 38.7 Å². The summed E-state index contributed by atoms with van der Waals surface area (Å²) in [6, 6.07) is 1.17. The van der Waals surface area contributed by atoms with Crippen LogP contribution in [0.25, 0.3) is 15.7 Å². The smallest absolute Gasteiger partial charge is 0.342 e. The van der Waals surface area contributed by atoms with E-state index in [1.54, 1.807) is 9.78 Å². The molecule has 2 aliphatic heterocycles. The molecule has 6 rings (SSSR count). The number of pyridine rings is 1. The zero-order chi connectivity index (χ0) is 22.2. The molecule has 3 aromatic rings. The van der Waals surface area contributed by atoms with Crippen LogP contribution in [0, 0.1) is 17.2 Å². The van der Waals surface area contributed by atoms with Crippen molar-refractivity contribution in [1.29, 1.82) is 0 Å². The van der Waals surface area contributed by atoms with Crippen molar-refractivity contribution < 1.29 is 19.0 Å². The van der Waals surface area contributed by atoms with Crippen molar-refractivity contribution in [3.05, 3.63) is 63.0 Å². The Bertz CT molecular complexity index is 1440. The Labute approximate surface area is 186 Å². The van der Waals surface area contributed by atoms with Gasteiger partial charge in [-0.05, 0) is 13.1 Å². The molecular formula is C23H20FN3O4S. The predicted molar refractivity (Wildman–Crippen MR) is 121 cm³/mol. The average molecular weight is 453 g/mol. The van der Waals surface area contributed by atoms with E-state index in [9.17, 15) is 14.7 Å². The maximum Gasteiger partial charge on any atom is 0.342 e. The van der Waals surface area contributed by atoms with Crippen LogP contribution in [0.15, 0.2) is 40.5 Å². The molecule has 0 spiro atoms. The summed E-state index contributed by atoms with van der Waals surface area (Å²) in [6.07, 6.45) is 8.39.